The fraction of sp³-hybridized carbons (Fsp3) is 0. The first-order chi connectivity index (χ1) is 5.70. The zero-order valence-corrected chi connectivity index (χ0v) is 11.1. The smallest absolute Gasteiger partial charge is 0.0555 e. The molecule has 0 bridgehead atoms. The quantitative estimate of drug-likeness (QED) is 0.575. The van der Waals surface area contributed by atoms with Crippen molar-refractivity contribution in [2.24, 2.45) is 0 Å². The van der Waals surface area contributed by atoms with Crippen LogP contribution in [0.5, 0.6) is 0 Å². The Bertz CT molecular complexity index is 438. The van der Waals surface area contributed by atoms with Crippen LogP contribution >= 0.6 is 61.5 Å². The zero-order valence-electron chi connectivity index (χ0n) is 5.77. The first-order valence-electron chi connectivity index (χ1n) is 3.21. The summed E-state index contributed by atoms with van der Waals surface area (Å²) in [5.41, 5.74) is 0. The first-order valence-corrected chi connectivity index (χ1v) is 6.34. The van der Waals surface area contributed by atoms with Crippen LogP contribution in [-0.2, 0) is 0 Å². The molecule has 0 radical (unpaired) electrons. The predicted octanol–water partition coefficient (Wildman–Crippen LogP) is 4.92. The van der Waals surface area contributed by atoms with Crippen LogP contribution in [0.3, 0.4) is 0 Å². The lowest BCUT2D eigenvalue weighted by Gasteiger charge is -1.97. The number of hydrogen-bond donors (Lipinski definition) is 0. The summed E-state index contributed by atoms with van der Waals surface area (Å²) in [6, 6.07) is 3.97. The van der Waals surface area contributed by atoms with E-state index in [1.165, 1.54) is 13.7 Å². The largest absolute Gasteiger partial charge is 0.143 e. The first kappa shape index (κ1) is 9.24. The third-order valence-electron chi connectivity index (χ3n) is 1.58. The van der Waals surface area contributed by atoms with Crippen LogP contribution in [0.15, 0.2) is 22.0 Å². The molecule has 4 heteroatoms. The SMILES string of the molecule is Clc1ccc2scc(I)c2c1Br. The van der Waals surface area contributed by atoms with Crippen LogP contribution in [0.4, 0.5) is 0 Å². The molecule has 12 heavy (non-hydrogen) atoms. The fourth-order valence-electron chi connectivity index (χ4n) is 1.03. The lowest BCUT2D eigenvalue weighted by atomic mass is 10.3. The van der Waals surface area contributed by atoms with Crippen LogP contribution in [0.25, 0.3) is 10.1 Å². The number of benzene rings is 1. The van der Waals surface area contributed by atoms with Crippen LogP contribution in [0.1, 0.15) is 0 Å². The highest BCUT2D eigenvalue weighted by molar-refractivity contribution is 14.1. The maximum Gasteiger partial charge on any atom is 0.0555 e. The molecule has 0 amide bonds. The van der Waals surface area contributed by atoms with Gasteiger partial charge in [-0.15, -0.1) is 11.3 Å². The molecule has 0 aliphatic rings. The molecule has 1 heterocycles. The molecule has 62 valence electrons. The third kappa shape index (κ3) is 1.41. The molecule has 1 aromatic heterocycles. The molecular formula is C8H3BrClIS. The van der Waals surface area contributed by atoms with E-state index in [4.69, 9.17) is 11.6 Å². The third-order valence-corrected chi connectivity index (χ3v) is 5.17. The Hall–Kier alpha value is 0.680. The highest BCUT2D eigenvalue weighted by atomic mass is 127. The highest BCUT2D eigenvalue weighted by Crippen LogP contribution is 2.37. The van der Waals surface area contributed by atoms with Gasteiger partial charge in [0, 0.05) is 23.5 Å². The Morgan fingerprint density at radius 1 is 1.42 bits per heavy atom. The van der Waals surface area contributed by atoms with Gasteiger partial charge in [-0.2, -0.15) is 0 Å². The van der Waals surface area contributed by atoms with Crippen molar-refractivity contribution in [3.63, 3.8) is 0 Å². The summed E-state index contributed by atoms with van der Waals surface area (Å²) in [6.45, 7) is 0. The van der Waals surface area contributed by atoms with Crippen molar-refractivity contribution < 1.29 is 0 Å². The second-order valence-electron chi connectivity index (χ2n) is 2.32. The summed E-state index contributed by atoms with van der Waals surface area (Å²) in [7, 11) is 0. The molecule has 1 aromatic carbocycles. The number of fused-ring (bicyclic) bond motifs is 1. The number of thiophene rings is 1. The molecular weight excluding hydrogens is 370 g/mol. The average Bonchev–Trinajstić information content (AvgIpc) is 2.41. The Labute approximate surface area is 101 Å². The zero-order chi connectivity index (χ0) is 8.72. The Morgan fingerprint density at radius 2 is 2.17 bits per heavy atom. The second kappa shape index (κ2) is 3.44. The number of hydrogen-bond acceptors (Lipinski definition) is 1. The monoisotopic (exact) mass is 372 g/mol. The van der Waals surface area contributed by atoms with Crippen molar-refractivity contribution in [2.75, 3.05) is 0 Å². The Morgan fingerprint density at radius 3 is 2.92 bits per heavy atom. The fourth-order valence-corrected chi connectivity index (χ4v) is 4.20. The van der Waals surface area contributed by atoms with Gasteiger partial charge >= 0.3 is 0 Å². The van der Waals surface area contributed by atoms with Gasteiger partial charge in [-0.3, -0.25) is 0 Å². The molecule has 0 saturated carbocycles. The van der Waals surface area contributed by atoms with Gasteiger partial charge in [-0.05, 0) is 50.7 Å². The van der Waals surface area contributed by atoms with Gasteiger partial charge in [0.05, 0.1) is 5.02 Å². The number of halogens is 3. The minimum absolute atomic E-state index is 0.777. The Kier molecular flexibility index (Phi) is 2.65. The van der Waals surface area contributed by atoms with Gasteiger partial charge in [0.25, 0.3) is 0 Å². The van der Waals surface area contributed by atoms with Gasteiger partial charge in [-0.1, -0.05) is 11.6 Å². The van der Waals surface area contributed by atoms with E-state index in [1.807, 2.05) is 6.07 Å². The van der Waals surface area contributed by atoms with Crippen LogP contribution < -0.4 is 0 Å². The van der Waals surface area contributed by atoms with Gasteiger partial charge < -0.3 is 0 Å². The average molecular weight is 373 g/mol. The standard InChI is InChI=1S/C8H3BrClIS/c9-8-4(10)1-2-6-7(8)5(11)3-12-6/h1-3H. The summed E-state index contributed by atoms with van der Waals surface area (Å²) < 4.78 is 3.53. The molecule has 0 spiro atoms. The van der Waals surface area contributed by atoms with E-state index >= 15 is 0 Å². The molecule has 0 unspecified atom stereocenters. The molecule has 0 aliphatic heterocycles. The maximum absolute atomic E-state index is 5.97. The van der Waals surface area contributed by atoms with Crippen LogP contribution in [-0.4, -0.2) is 0 Å². The molecule has 0 saturated heterocycles. The highest BCUT2D eigenvalue weighted by Gasteiger charge is 2.07. The Balaban J connectivity index is 2.96. The topological polar surface area (TPSA) is 0 Å². The van der Waals surface area contributed by atoms with Crippen molar-refractivity contribution in [3.8, 4) is 0 Å². The van der Waals surface area contributed by atoms with Gasteiger partial charge in [0.15, 0.2) is 0 Å². The van der Waals surface area contributed by atoms with Crippen molar-refractivity contribution in [2.45, 2.75) is 0 Å². The van der Waals surface area contributed by atoms with Crippen LogP contribution in [0.2, 0.25) is 5.02 Å². The molecule has 0 N–H and O–H groups in total. The van der Waals surface area contributed by atoms with E-state index in [2.05, 4.69) is 50.0 Å². The normalized spacial score (nSPS) is 10.9. The molecule has 2 rings (SSSR count). The molecule has 0 fully saturated rings. The summed E-state index contributed by atoms with van der Waals surface area (Å²) in [5, 5.41) is 4.14. The van der Waals surface area contributed by atoms with Crippen molar-refractivity contribution in [3.05, 3.63) is 30.6 Å². The molecule has 0 aliphatic carbocycles. The number of rotatable bonds is 0. The summed E-state index contributed by atoms with van der Waals surface area (Å²) in [6.07, 6.45) is 0. The lowest BCUT2D eigenvalue weighted by Crippen LogP contribution is -1.72. The predicted molar refractivity (Wildman–Crippen MR) is 67.3 cm³/mol. The minimum atomic E-state index is 0.777. The molecule has 0 atom stereocenters. The maximum atomic E-state index is 5.97. The van der Waals surface area contributed by atoms with E-state index in [0.717, 1.165) is 9.50 Å². The van der Waals surface area contributed by atoms with Gasteiger partial charge in [0.1, 0.15) is 0 Å². The van der Waals surface area contributed by atoms with Crippen molar-refractivity contribution >= 4 is 71.5 Å². The second-order valence-corrected chi connectivity index (χ2v) is 5.59. The lowest BCUT2D eigenvalue weighted by molar-refractivity contribution is 1.76. The van der Waals surface area contributed by atoms with E-state index in [-0.39, 0.29) is 0 Å². The molecule has 2 aromatic rings. The van der Waals surface area contributed by atoms with Crippen LogP contribution in [0, 0.1) is 3.57 Å². The van der Waals surface area contributed by atoms with E-state index in [1.54, 1.807) is 11.3 Å². The molecule has 0 nitrogen and oxygen atoms in total. The van der Waals surface area contributed by atoms with E-state index in [9.17, 15) is 0 Å². The summed E-state index contributed by atoms with van der Waals surface area (Å²) >= 11 is 13.5. The van der Waals surface area contributed by atoms with Gasteiger partial charge in [-0.25, -0.2) is 0 Å². The van der Waals surface area contributed by atoms with Crippen molar-refractivity contribution in [1.29, 1.82) is 0 Å². The summed E-state index contributed by atoms with van der Waals surface area (Å²) in [5.74, 6) is 0. The van der Waals surface area contributed by atoms with E-state index in [0.29, 0.717) is 0 Å². The van der Waals surface area contributed by atoms with Gasteiger partial charge in [0.2, 0.25) is 0 Å². The summed E-state index contributed by atoms with van der Waals surface area (Å²) in [4.78, 5) is 0. The minimum Gasteiger partial charge on any atom is -0.143 e. The van der Waals surface area contributed by atoms with Crippen molar-refractivity contribution in [1.82, 2.24) is 0 Å². The van der Waals surface area contributed by atoms with E-state index < -0.39 is 0 Å².